The predicted molar refractivity (Wildman–Crippen MR) is 101 cm³/mol. The average molecular weight is 374 g/mol. The van der Waals surface area contributed by atoms with E-state index in [-0.39, 0.29) is 17.9 Å². The maximum absolute atomic E-state index is 11.7. The minimum Gasteiger partial charge on any atom is -0.478 e. The molecule has 1 aliphatic heterocycles. The van der Waals surface area contributed by atoms with Crippen LogP contribution in [0, 0.1) is 12.8 Å². The Morgan fingerprint density at radius 2 is 2.04 bits per heavy atom. The van der Waals surface area contributed by atoms with Gasteiger partial charge in [-0.05, 0) is 54.2 Å². The molecular weight excluding hydrogens is 357 g/mol. The molecule has 128 valence electrons. The van der Waals surface area contributed by atoms with Gasteiger partial charge in [0.15, 0.2) is 0 Å². The van der Waals surface area contributed by atoms with E-state index in [1.54, 1.807) is 12.1 Å². The molecule has 5 heteroatoms. The lowest BCUT2D eigenvalue weighted by Gasteiger charge is -2.39. The fourth-order valence-electron chi connectivity index (χ4n) is 4.10. The molecule has 0 fully saturated rings. The first-order chi connectivity index (χ1) is 12.0. The molecule has 0 saturated carbocycles. The van der Waals surface area contributed by atoms with Crippen molar-refractivity contribution in [3.8, 4) is 0 Å². The van der Waals surface area contributed by atoms with Crippen LogP contribution < -0.4 is 5.32 Å². The van der Waals surface area contributed by atoms with E-state index in [0.717, 1.165) is 28.8 Å². The Kier molecular flexibility index (Phi) is 4.01. The molecule has 2 aromatic rings. The molecular formula is C20H17Cl2NO2. The summed E-state index contributed by atoms with van der Waals surface area (Å²) >= 11 is 12.5. The Morgan fingerprint density at radius 1 is 1.24 bits per heavy atom. The molecule has 0 saturated heterocycles. The zero-order chi connectivity index (χ0) is 17.7. The summed E-state index contributed by atoms with van der Waals surface area (Å²) in [5.74, 6) is -0.592. The number of anilines is 1. The van der Waals surface area contributed by atoms with Crippen LogP contribution in [-0.2, 0) is 0 Å². The molecule has 0 radical (unpaired) electrons. The third-order valence-electron chi connectivity index (χ3n) is 5.26. The summed E-state index contributed by atoms with van der Waals surface area (Å²) in [4.78, 5) is 11.7. The van der Waals surface area contributed by atoms with Crippen molar-refractivity contribution in [1.29, 1.82) is 0 Å². The van der Waals surface area contributed by atoms with Gasteiger partial charge in [-0.1, -0.05) is 47.5 Å². The lowest BCUT2D eigenvalue weighted by molar-refractivity contribution is 0.0695. The Hall–Kier alpha value is -1.97. The number of aryl methyl sites for hydroxylation is 1. The Labute approximate surface area is 156 Å². The van der Waals surface area contributed by atoms with E-state index < -0.39 is 5.97 Å². The van der Waals surface area contributed by atoms with Crippen LogP contribution in [0.1, 0.15) is 45.4 Å². The molecule has 3 nitrogen and oxygen atoms in total. The molecule has 0 amide bonds. The van der Waals surface area contributed by atoms with Crippen LogP contribution in [0.3, 0.4) is 0 Å². The first-order valence-electron chi connectivity index (χ1n) is 8.22. The number of benzene rings is 2. The van der Waals surface area contributed by atoms with E-state index >= 15 is 0 Å². The van der Waals surface area contributed by atoms with Crippen molar-refractivity contribution in [2.75, 3.05) is 5.32 Å². The number of fused-ring (bicyclic) bond motifs is 3. The lowest BCUT2D eigenvalue weighted by Crippen LogP contribution is -2.31. The number of hydrogen-bond donors (Lipinski definition) is 2. The quantitative estimate of drug-likeness (QED) is 0.651. The lowest BCUT2D eigenvalue weighted by atomic mass is 9.74. The first kappa shape index (κ1) is 16.5. The van der Waals surface area contributed by atoms with Gasteiger partial charge < -0.3 is 10.4 Å². The van der Waals surface area contributed by atoms with Gasteiger partial charge in [-0.25, -0.2) is 4.79 Å². The van der Waals surface area contributed by atoms with E-state index in [2.05, 4.69) is 17.5 Å². The second kappa shape index (κ2) is 6.08. The summed E-state index contributed by atoms with van der Waals surface area (Å²) in [6.45, 7) is 2.00. The molecule has 0 aromatic heterocycles. The van der Waals surface area contributed by atoms with Gasteiger partial charge in [-0.2, -0.15) is 0 Å². The molecule has 1 aliphatic carbocycles. The van der Waals surface area contributed by atoms with E-state index in [0.29, 0.717) is 15.6 Å². The minimum absolute atomic E-state index is 0.0139. The maximum atomic E-state index is 11.7. The third-order valence-corrected chi connectivity index (χ3v) is 5.82. The predicted octanol–water partition coefficient (Wildman–Crippen LogP) is 5.83. The highest BCUT2D eigenvalue weighted by atomic mass is 35.5. The highest BCUT2D eigenvalue weighted by Crippen LogP contribution is 2.52. The van der Waals surface area contributed by atoms with Gasteiger partial charge in [0.1, 0.15) is 0 Å². The molecule has 25 heavy (non-hydrogen) atoms. The van der Waals surface area contributed by atoms with Gasteiger partial charge in [-0.15, -0.1) is 0 Å². The molecule has 2 aliphatic rings. The Balaban J connectivity index is 1.89. The Morgan fingerprint density at radius 3 is 2.76 bits per heavy atom. The summed E-state index contributed by atoms with van der Waals surface area (Å²) in [7, 11) is 0. The zero-order valence-corrected chi connectivity index (χ0v) is 15.1. The van der Waals surface area contributed by atoms with Crippen molar-refractivity contribution in [3.05, 3.63) is 74.8 Å². The summed E-state index contributed by atoms with van der Waals surface area (Å²) in [5, 5.41) is 14.4. The SMILES string of the molecule is Cc1ccc(C(=O)O)c2c1N[C@H](c1ccc(Cl)cc1Cl)[C@@H]1CC=C[C@@H]21. The molecule has 2 aromatic carbocycles. The van der Waals surface area contributed by atoms with E-state index in [1.165, 1.54) is 0 Å². The van der Waals surface area contributed by atoms with Crippen LogP contribution >= 0.6 is 23.2 Å². The van der Waals surface area contributed by atoms with E-state index in [9.17, 15) is 9.90 Å². The summed E-state index contributed by atoms with van der Waals surface area (Å²) in [6.07, 6.45) is 5.15. The van der Waals surface area contributed by atoms with Crippen LogP contribution in [-0.4, -0.2) is 11.1 Å². The number of hydrogen-bond acceptors (Lipinski definition) is 2. The van der Waals surface area contributed by atoms with Gasteiger partial charge in [0.05, 0.1) is 11.6 Å². The molecule has 0 unspecified atom stereocenters. The van der Waals surface area contributed by atoms with Crippen molar-refractivity contribution in [1.82, 2.24) is 0 Å². The number of rotatable bonds is 2. The molecule has 2 N–H and O–H groups in total. The first-order valence-corrected chi connectivity index (χ1v) is 8.98. The second-order valence-electron chi connectivity index (χ2n) is 6.67. The molecule has 1 heterocycles. The summed E-state index contributed by atoms with van der Waals surface area (Å²) in [5.41, 5.74) is 4.19. The Bertz CT molecular complexity index is 907. The zero-order valence-electron chi connectivity index (χ0n) is 13.6. The number of carboxylic acid groups (broad SMARTS) is 1. The van der Waals surface area contributed by atoms with Crippen LogP contribution in [0.2, 0.25) is 10.0 Å². The topological polar surface area (TPSA) is 49.3 Å². The normalized spacial score (nSPS) is 23.7. The third kappa shape index (κ3) is 2.62. The number of halogens is 2. The van der Waals surface area contributed by atoms with Crippen molar-refractivity contribution in [2.24, 2.45) is 5.92 Å². The molecule has 0 spiro atoms. The van der Waals surface area contributed by atoms with Crippen molar-refractivity contribution in [2.45, 2.75) is 25.3 Å². The van der Waals surface area contributed by atoms with Gasteiger partial charge in [-0.3, -0.25) is 0 Å². The van der Waals surface area contributed by atoms with Crippen LogP contribution in [0.15, 0.2) is 42.5 Å². The molecule has 3 atom stereocenters. The standard InChI is InChI=1S/C20H17Cl2NO2/c1-10-5-7-15(20(24)25)17-12-3-2-4-13(12)19(23-18(10)17)14-8-6-11(21)9-16(14)22/h2-3,5-9,12-13,19,23H,4H2,1H3,(H,24,25)/t12-,13-,19+/m1/s1. The van der Waals surface area contributed by atoms with Crippen LogP contribution in [0.25, 0.3) is 0 Å². The second-order valence-corrected chi connectivity index (χ2v) is 7.51. The fourth-order valence-corrected chi connectivity index (χ4v) is 4.63. The number of carboxylic acids is 1. The largest absolute Gasteiger partial charge is 0.478 e. The summed E-state index contributed by atoms with van der Waals surface area (Å²) in [6, 6.07) is 9.14. The highest BCUT2D eigenvalue weighted by molar-refractivity contribution is 6.35. The monoisotopic (exact) mass is 373 g/mol. The van der Waals surface area contributed by atoms with E-state index in [1.807, 2.05) is 25.1 Å². The molecule has 4 rings (SSSR count). The van der Waals surface area contributed by atoms with Gasteiger partial charge >= 0.3 is 5.97 Å². The van der Waals surface area contributed by atoms with Crippen molar-refractivity contribution >= 4 is 34.9 Å². The maximum Gasteiger partial charge on any atom is 0.336 e. The average Bonchev–Trinajstić information content (AvgIpc) is 3.04. The highest BCUT2D eigenvalue weighted by Gasteiger charge is 2.41. The van der Waals surface area contributed by atoms with Crippen molar-refractivity contribution in [3.63, 3.8) is 0 Å². The number of aromatic carboxylic acids is 1. The number of allylic oxidation sites excluding steroid dienone is 2. The summed E-state index contributed by atoms with van der Waals surface area (Å²) < 4.78 is 0. The van der Waals surface area contributed by atoms with Gasteiger partial charge in [0.2, 0.25) is 0 Å². The number of nitrogens with one attached hydrogen (secondary N) is 1. The van der Waals surface area contributed by atoms with E-state index in [4.69, 9.17) is 23.2 Å². The number of carbonyl (C=O) groups is 1. The van der Waals surface area contributed by atoms with Crippen LogP contribution in [0.4, 0.5) is 5.69 Å². The minimum atomic E-state index is -0.889. The fraction of sp³-hybridized carbons (Fsp3) is 0.250. The smallest absolute Gasteiger partial charge is 0.336 e. The van der Waals surface area contributed by atoms with Gasteiger partial charge in [0, 0.05) is 21.7 Å². The van der Waals surface area contributed by atoms with Gasteiger partial charge in [0.25, 0.3) is 0 Å². The van der Waals surface area contributed by atoms with Crippen LogP contribution in [0.5, 0.6) is 0 Å². The van der Waals surface area contributed by atoms with Crippen molar-refractivity contribution < 1.29 is 9.90 Å². The molecule has 0 bridgehead atoms.